The molecule has 2 aromatic rings. The molecule has 0 saturated heterocycles. The van der Waals surface area contributed by atoms with Gasteiger partial charge in [0.2, 0.25) is 0 Å². The van der Waals surface area contributed by atoms with E-state index in [1.807, 2.05) is 43.3 Å². The van der Waals surface area contributed by atoms with Gasteiger partial charge in [-0.1, -0.05) is 28.1 Å². The van der Waals surface area contributed by atoms with Crippen molar-refractivity contribution in [2.75, 3.05) is 11.9 Å². The van der Waals surface area contributed by atoms with Crippen molar-refractivity contribution >= 4 is 56.2 Å². The highest BCUT2D eigenvalue weighted by Crippen LogP contribution is 2.26. The van der Waals surface area contributed by atoms with Gasteiger partial charge in [0, 0.05) is 13.6 Å². The molecule has 0 atom stereocenters. The standard InChI is InChI=1S/C18H14BrIN2O2/c1-2-24-17-8-7-14(19)10-12(17)9-13(11-21)18(23)22-16-6-4-3-5-15(16)20/h3-10H,2H2,1H3,(H,22,23)/b13-9-. The van der Waals surface area contributed by atoms with Crippen LogP contribution in [0.2, 0.25) is 0 Å². The second-order valence-corrected chi connectivity index (χ2v) is 6.80. The summed E-state index contributed by atoms with van der Waals surface area (Å²) in [5, 5.41) is 12.1. The fourth-order valence-electron chi connectivity index (χ4n) is 1.98. The molecule has 2 aromatic carbocycles. The van der Waals surface area contributed by atoms with Gasteiger partial charge < -0.3 is 10.1 Å². The molecular weight excluding hydrogens is 483 g/mol. The fourth-order valence-corrected chi connectivity index (χ4v) is 2.88. The number of halogens is 2. The molecule has 1 N–H and O–H groups in total. The number of anilines is 1. The molecule has 0 fully saturated rings. The van der Waals surface area contributed by atoms with Gasteiger partial charge in [-0.2, -0.15) is 5.26 Å². The molecule has 0 spiro atoms. The summed E-state index contributed by atoms with van der Waals surface area (Å²) in [6, 6.07) is 14.8. The summed E-state index contributed by atoms with van der Waals surface area (Å²) in [6.45, 7) is 2.38. The molecule has 122 valence electrons. The number of para-hydroxylation sites is 1. The molecule has 2 rings (SSSR count). The highest BCUT2D eigenvalue weighted by Gasteiger charge is 2.13. The fraction of sp³-hybridized carbons (Fsp3) is 0.111. The van der Waals surface area contributed by atoms with Crippen LogP contribution in [-0.4, -0.2) is 12.5 Å². The monoisotopic (exact) mass is 496 g/mol. The Morgan fingerprint density at radius 1 is 1.38 bits per heavy atom. The van der Waals surface area contributed by atoms with E-state index >= 15 is 0 Å². The van der Waals surface area contributed by atoms with E-state index in [1.165, 1.54) is 6.08 Å². The van der Waals surface area contributed by atoms with Crippen LogP contribution in [0.15, 0.2) is 52.5 Å². The van der Waals surface area contributed by atoms with Crippen LogP contribution in [0.5, 0.6) is 5.75 Å². The number of hydrogen-bond acceptors (Lipinski definition) is 3. The Morgan fingerprint density at radius 2 is 2.12 bits per heavy atom. The predicted molar refractivity (Wildman–Crippen MR) is 107 cm³/mol. The number of nitrogens with one attached hydrogen (secondary N) is 1. The van der Waals surface area contributed by atoms with Crippen molar-refractivity contribution in [3.05, 3.63) is 61.6 Å². The number of ether oxygens (including phenoxy) is 1. The second-order valence-electron chi connectivity index (χ2n) is 4.72. The van der Waals surface area contributed by atoms with Gasteiger partial charge in [-0.25, -0.2) is 0 Å². The van der Waals surface area contributed by atoms with Gasteiger partial charge in [0.05, 0.1) is 12.3 Å². The van der Waals surface area contributed by atoms with E-state index in [9.17, 15) is 10.1 Å². The van der Waals surface area contributed by atoms with Crippen molar-refractivity contribution in [3.8, 4) is 11.8 Å². The number of carbonyl (C=O) groups excluding carboxylic acids is 1. The zero-order chi connectivity index (χ0) is 17.5. The number of nitrogens with zero attached hydrogens (tertiary/aromatic N) is 1. The highest BCUT2D eigenvalue weighted by atomic mass is 127. The summed E-state index contributed by atoms with van der Waals surface area (Å²) < 4.78 is 7.29. The van der Waals surface area contributed by atoms with Gasteiger partial charge in [0.25, 0.3) is 5.91 Å². The lowest BCUT2D eigenvalue weighted by Gasteiger charge is -2.09. The quantitative estimate of drug-likeness (QED) is 0.360. The van der Waals surface area contributed by atoms with Crippen molar-refractivity contribution in [3.63, 3.8) is 0 Å². The molecule has 4 nitrogen and oxygen atoms in total. The zero-order valence-electron chi connectivity index (χ0n) is 12.8. The van der Waals surface area contributed by atoms with Crippen molar-refractivity contribution in [2.45, 2.75) is 6.92 Å². The first-order chi connectivity index (χ1) is 11.5. The number of rotatable bonds is 5. The van der Waals surface area contributed by atoms with E-state index in [1.54, 1.807) is 12.1 Å². The lowest BCUT2D eigenvalue weighted by atomic mass is 10.1. The van der Waals surface area contributed by atoms with Crippen molar-refractivity contribution in [1.82, 2.24) is 0 Å². The van der Waals surface area contributed by atoms with E-state index in [4.69, 9.17) is 4.74 Å². The molecule has 0 unspecified atom stereocenters. The number of nitriles is 1. The Labute approximate surface area is 162 Å². The van der Waals surface area contributed by atoms with Crippen LogP contribution in [0, 0.1) is 14.9 Å². The average Bonchev–Trinajstić information content (AvgIpc) is 2.57. The molecule has 0 aliphatic heterocycles. The summed E-state index contributed by atoms with van der Waals surface area (Å²) in [5.74, 6) is 0.166. The largest absolute Gasteiger partial charge is 0.493 e. The minimum Gasteiger partial charge on any atom is -0.493 e. The maximum absolute atomic E-state index is 12.4. The van der Waals surface area contributed by atoms with E-state index in [-0.39, 0.29) is 5.57 Å². The number of benzene rings is 2. The Kier molecular flexibility index (Phi) is 6.82. The lowest BCUT2D eigenvalue weighted by molar-refractivity contribution is -0.112. The number of hydrogen-bond donors (Lipinski definition) is 1. The minimum atomic E-state index is -0.455. The summed E-state index contributed by atoms with van der Waals surface area (Å²) >= 11 is 5.52. The van der Waals surface area contributed by atoms with Crippen LogP contribution in [0.25, 0.3) is 6.08 Å². The summed E-state index contributed by atoms with van der Waals surface area (Å²) in [6.07, 6.45) is 1.53. The Balaban J connectivity index is 2.33. The smallest absolute Gasteiger partial charge is 0.266 e. The van der Waals surface area contributed by atoms with E-state index < -0.39 is 5.91 Å². The van der Waals surface area contributed by atoms with Gasteiger partial charge in [0.1, 0.15) is 17.4 Å². The molecule has 6 heteroatoms. The summed E-state index contributed by atoms with van der Waals surface area (Å²) in [7, 11) is 0. The Morgan fingerprint density at radius 3 is 2.79 bits per heavy atom. The molecule has 24 heavy (non-hydrogen) atoms. The van der Waals surface area contributed by atoms with Gasteiger partial charge in [-0.15, -0.1) is 0 Å². The first-order valence-electron chi connectivity index (χ1n) is 7.15. The van der Waals surface area contributed by atoms with Crippen molar-refractivity contribution in [2.24, 2.45) is 0 Å². The maximum atomic E-state index is 12.4. The molecule has 0 radical (unpaired) electrons. The topological polar surface area (TPSA) is 62.1 Å². The molecule has 0 aliphatic rings. The third-order valence-electron chi connectivity index (χ3n) is 3.06. The molecule has 0 bridgehead atoms. The SMILES string of the molecule is CCOc1ccc(Br)cc1/C=C(/C#N)C(=O)Nc1ccccc1I. The summed E-state index contributed by atoms with van der Waals surface area (Å²) in [5.41, 5.74) is 1.35. The summed E-state index contributed by atoms with van der Waals surface area (Å²) in [4.78, 5) is 12.4. The van der Waals surface area contributed by atoms with Gasteiger partial charge in [0.15, 0.2) is 0 Å². The van der Waals surface area contributed by atoms with Crippen LogP contribution < -0.4 is 10.1 Å². The van der Waals surface area contributed by atoms with E-state index in [0.717, 1.165) is 8.04 Å². The normalized spacial score (nSPS) is 10.8. The van der Waals surface area contributed by atoms with E-state index in [2.05, 4.69) is 43.8 Å². The maximum Gasteiger partial charge on any atom is 0.266 e. The van der Waals surface area contributed by atoms with Gasteiger partial charge in [-0.05, 0) is 65.9 Å². The van der Waals surface area contributed by atoms with Crippen LogP contribution in [0.4, 0.5) is 5.69 Å². The minimum absolute atomic E-state index is 0.00806. The third-order valence-corrected chi connectivity index (χ3v) is 4.49. The van der Waals surface area contributed by atoms with Crippen molar-refractivity contribution < 1.29 is 9.53 Å². The Bertz CT molecular complexity index is 828. The van der Waals surface area contributed by atoms with Crippen LogP contribution in [-0.2, 0) is 4.79 Å². The first kappa shape index (κ1) is 18.5. The molecule has 1 amide bonds. The molecule has 0 aromatic heterocycles. The number of amides is 1. The van der Waals surface area contributed by atoms with Gasteiger partial charge in [-0.3, -0.25) is 4.79 Å². The molecule has 0 heterocycles. The third kappa shape index (κ3) is 4.82. The molecule has 0 saturated carbocycles. The van der Waals surface area contributed by atoms with E-state index in [0.29, 0.717) is 23.6 Å². The predicted octanol–water partition coefficient (Wildman–Crippen LogP) is 5.00. The van der Waals surface area contributed by atoms with Crippen LogP contribution in [0.3, 0.4) is 0 Å². The lowest BCUT2D eigenvalue weighted by Crippen LogP contribution is -2.14. The first-order valence-corrected chi connectivity index (χ1v) is 9.02. The zero-order valence-corrected chi connectivity index (χ0v) is 16.6. The molecule has 0 aliphatic carbocycles. The Hall–Kier alpha value is -1.85. The second kappa shape index (κ2) is 8.85. The van der Waals surface area contributed by atoms with Crippen LogP contribution >= 0.6 is 38.5 Å². The number of carbonyl (C=O) groups is 1. The highest BCUT2D eigenvalue weighted by molar-refractivity contribution is 14.1. The van der Waals surface area contributed by atoms with Crippen LogP contribution in [0.1, 0.15) is 12.5 Å². The molecular formula is C18H14BrIN2O2. The van der Waals surface area contributed by atoms with Crippen molar-refractivity contribution in [1.29, 1.82) is 5.26 Å². The van der Waals surface area contributed by atoms with Gasteiger partial charge >= 0.3 is 0 Å². The average molecular weight is 497 g/mol.